The molecule has 7 heteroatoms. The normalized spacial score (nSPS) is 18.9. The second-order valence-electron chi connectivity index (χ2n) is 8.88. The van der Waals surface area contributed by atoms with Crippen molar-refractivity contribution in [3.05, 3.63) is 70.8 Å². The van der Waals surface area contributed by atoms with Crippen LogP contribution < -0.4 is 5.32 Å². The van der Waals surface area contributed by atoms with Gasteiger partial charge in [0.1, 0.15) is 6.10 Å². The number of aliphatic imine (C=N–C) groups is 1. The summed E-state index contributed by atoms with van der Waals surface area (Å²) < 4.78 is 6.09. The highest BCUT2D eigenvalue weighted by Gasteiger charge is 2.25. The molecule has 2 saturated heterocycles. The number of hydrogen-bond acceptors (Lipinski definition) is 3. The summed E-state index contributed by atoms with van der Waals surface area (Å²) in [6, 6.07) is 16.4. The number of carbonyl (C=O) groups excluding carboxylic acids is 1. The Balaban J connectivity index is 0.00000324. The van der Waals surface area contributed by atoms with Gasteiger partial charge in [0.2, 0.25) is 0 Å². The van der Waals surface area contributed by atoms with E-state index in [1.54, 1.807) is 0 Å². The zero-order valence-corrected chi connectivity index (χ0v) is 22.7. The fraction of sp³-hybridized carbons (Fsp3) is 0.481. The van der Waals surface area contributed by atoms with E-state index in [1.165, 1.54) is 17.5 Å². The van der Waals surface area contributed by atoms with Crippen molar-refractivity contribution in [1.82, 2.24) is 15.1 Å². The number of ether oxygens (including phenoxy) is 1. The molecule has 0 aromatic heterocycles. The van der Waals surface area contributed by atoms with Crippen LogP contribution in [-0.4, -0.2) is 61.0 Å². The third kappa shape index (κ3) is 6.72. The van der Waals surface area contributed by atoms with Crippen LogP contribution >= 0.6 is 24.0 Å². The Morgan fingerprint density at radius 1 is 1.03 bits per heavy atom. The Labute approximate surface area is 220 Å². The maximum atomic E-state index is 12.7. The lowest BCUT2D eigenvalue weighted by molar-refractivity contribution is -0.00834. The Morgan fingerprint density at radius 3 is 2.47 bits per heavy atom. The summed E-state index contributed by atoms with van der Waals surface area (Å²) in [6.45, 7) is 9.64. The van der Waals surface area contributed by atoms with Gasteiger partial charge in [0.15, 0.2) is 5.96 Å². The molecule has 0 aliphatic carbocycles. The molecule has 184 valence electrons. The van der Waals surface area contributed by atoms with Crippen molar-refractivity contribution < 1.29 is 9.53 Å². The quantitative estimate of drug-likeness (QED) is 0.317. The van der Waals surface area contributed by atoms with Gasteiger partial charge in [0, 0.05) is 31.7 Å². The van der Waals surface area contributed by atoms with Gasteiger partial charge in [-0.15, -0.1) is 24.0 Å². The zero-order chi connectivity index (χ0) is 23.0. The van der Waals surface area contributed by atoms with Crippen LogP contribution in [-0.2, 0) is 11.3 Å². The van der Waals surface area contributed by atoms with Crippen LogP contribution in [0.25, 0.3) is 0 Å². The minimum Gasteiger partial charge on any atom is -0.370 e. The van der Waals surface area contributed by atoms with E-state index in [1.807, 2.05) is 29.2 Å². The lowest BCUT2D eigenvalue weighted by Crippen LogP contribution is -2.48. The number of hydrogen-bond donors (Lipinski definition) is 1. The standard InChI is InChI=1S/C27H36N4O2.HI/c1-3-28-27(31-17-18-33-25(20-31)24-10-6-5-9-21(24)2)29-19-22-11-13-23(14-12-22)26(32)30-15-7-4-8-16-30;/h5-6,9-14,25H,3-4,7-8,15-20H2,1-2H3,(H,28,29);1H. The number of carbonyl (C=O) groups is 1. The van der Waals surface area contributed by atoms with Gasteiger partial charge in [-0.1, -0.05) is 36.4 Å². The number of likely N-dealkylation sites (tertiary alicyclic amines) is 1. The predicted molar refractivity (Wildman–Crippen MR) is 148 cm³/mol. The van der Waals surface area contributed by atoms with Gasteiger partial charge in [-0.2, -0.15) is 0 Å². The summed E-state index contributed by atoms with van der Waals surface area (Å²) in [6.07, 6.45) is 3.49. The Kier molecular flexibility index (Phi) is 10.2. The Hall–Kier alpha value is -2.13. The molecule has 0 spiro atoms. The molecule has 2 aliphatic heterocycles. The monoisotopic (exact) mass is 576 g/mol. The highest BCUT2D eigenvalue weighted by atomic mass is 127. The summed E-state index contributed by atoms with van der Waals surface area (Å²) in [5, 5.41) is 3.44. The molecule has 2 heterocycles. The average molecular weight is 577 g/mol. The first-order valence-electron chi connectivity index (χ1n) is 12.2. The Bertz CT molecular complexity index is 957. The largest absolute Gasteiger partial charge is 0.370 e. The van der Waals surface area contributed by atoms with Gasteiger partial charge in [-0.3, -0.25) is 4.79 Å². The molecule has 0 saturated carbocycles. The molecule has 0 bridgehead atoms. The molecule has 1 N–H and O–H groups in total. The van der Waals surface area contributed by atoms with Crippen LogP contribution in [0.4, 0.5) is 0 Å². The van der Waals surface area contributed by atoms with E-state index in [2.05, 4.69) is 48.3 Å². The van der Waals surface area contributed by atoms with Crippen molar-refractivity contribution in [2.24, 2.45) is 4.99 Å². The van der Waals surface area contributed by atoms with Crippen LogP contribution in [0.1, 0.15) is 59.3 Å². The Morgan fingerprint density at radius 2 is 1.76 bits per heavy atom. The van der Waals surface area contributed by atoms with Crippen LogP contribution in [0.3, 0.4) is 0 Å². The summed E-state index contributed by atoms with van der Waals surface area (Å²) in [5.74, 6) is 1.06. The number of nitrogens with zero attached hydrogens (tertiary/aromatic N) is 3. The van der Waals surface area contributed by atoms with Crippen molar-refractivity contribution in [3.63, 3.8) is 0 Å². The number of piperidine rings is 1. The molecule has 0 radical (unpaired) electrons. The molecule has 1 atom stereocenters. The molecule has 34 heavy (non-hydrogen) atoms. The van der Waals surface area contributed by atoms with Crippen molar-refractivity contribution >= 4 is 35.8 Å². The molecular formula is C27H37IN4O2. The number of halogens is 1. The third-order valence-corrected chi connectivity index (χ3v) is 6.49. The zero-order valence-electron chi connectivity index (χ0n) is 20.3. The van der Waals surface area contributed by atoms with Gasteiger partial charge < -0.3 is 19.9 Å². The fourth-order valence-corrected chi connectivity index (χ4v) is 4.60. The van der Waals surface area contributed by atoms with Crippen molar-refractivity contribution in [1.29, 1.82) is 0 Å². The first-order valence-corrected chi connectivity index (χ1v) is 12.2. The summed E-state index contributed by atoms with van der Waals surface area (Å²) >= 11 is 0. The van der Waals surface area contributed by atoms with Gasteiger partial charge in [0.25, 0.3) is 5.91 Å². The number of amides is 1. The maximum absolute atomic E-state index is 12.7. The number of aryl methyl sites for hydroxylation is 1. The van der Waals surface area contributed by atoms with Crippen LogP contribution in [0.15, 0.2) is 53.5 Å². The van der Waals surface area contributed by atoms with Crippen LogP contribution in [0.2, 0.25) is 0 Å². The number of rotatable bonds is 5. The molecule has 1 amide bonds. The van der Waals surface area contributed by atoms with E-state index in [-0.39, 0.29) is 36.0 Å². The molecule has 2 aliphatic rings. The molecule has 2 aromatic carbocycles. The summed E-state index contributed by atoms with van der Waals surface area (Å²) in [4.78, 5) is 21.9. The van der Waals surface area contributed by atoms with Crippen molar-refractivity contribution in [2.45, 2.75) is 45.8 Å². The maximum Gasteiger partial charge on any atom is 0.253 e. The minimum absolute atomic E-state index is 0. The molecule has 6 nitrogen and oxygen atoms in total. The highest BCUT2D eigenvalue weighted by molar-refractivity contribution is 14.0. The lowest BCUT2D eigenvalue weighted by Gasteiger charge is -2.35. The predicted octanol–water partition coefficient (Wildman–Crippen LogP) is 4.78. The minimum atomic E-state index is 0. The molecule has 1 unspecified atom stereocenters. The van der Waals surface area contributed by atoms with Crippen molar-refractivity contribution in [3.8, 4) is 0 Å². The second kappa shape index (κ2) is 13.1. The average Bonchev–Trinajstić information content (AvgIpc) is 2.87. The number of nitrogens with one attached hydrogen (secondary N) is 1. The topological polar surface area (TPSA) is 57.2 Å². The van der Waals surface area contributed by atoms with Gasteiger partial charge in [-0.05, 0) is 61.9 Å². The van der Waals surface area contributed by atoms with Gasteiger partial charge in [0.05, 0.1) is 19.7 Å². The highest BCUT2D eigenvalue weighted by Crippen LogP contribution is 2.25. The van der Waals surface area contributed by atoms with E-state index in [0.29, 0.717) is 13.2 Å². The van der Waals surface area contributed by atoms with E-state index in [9.17, 15) is 4.79 Å². The number of morpholine rings is 1. The molecule has 2 fully saturated rings. The summed E-state index contributed by atoms with van der Waals surface area (Å²) in [5.41, 5.74) is 4.37. The van der Waals surface area contributed by atoms with E-state index in [0.717, 1.165) is 62.7 Å². The molecule has 2 aromatic rings. The molecular weight excluding hydrogens is 539 g/mol. The van der Waals surface area contributed by atoms with Gasteiger partial charge in [-0.25, -0.2) is 4.99 Å². The first kappa shape index (κ1) is 26.5. The lowest BCUT2D eigenvalue weighted by atomic mass is 10.0. The fourth-order valence-electron chi connectivity index (χ4n) is 4.60. The van der Waals surface area contributed by atoms with Crippen molar-refractivity contribution in [2.75, 3.05) is 39.3 Å². The second-order valence-corrected chi connectivity index (χ2v) is 8.88. The van der Waals surface area contributed by atoms with E-state index in [4.69, 9.17) is 9.73 Å². The first-order chi connectivity index (χ1) is 16.2. The third-order valence-electron chi connectivity index (χ3n) is 6.49. The van der Waals surface area contributed by atoms with E-state index < -0.39 is 0 Å². The van der Waals surface area contributed by atoms with Crippen LogP contribution in [0.5, 0.6) is 0 Å². The van der Waals surface area contributed by atoms with E-state index >= 15 is 0 Å². The van der Waals surface area contributed by atoms with Crippen LogP contribution in [0, 0.1) is 6.92 Å². The molecule has 4 rings (SSSR count). The SMILES string of the molecule is CCNC(=NCc1ccc(C(=O)N2CCCCC2)cc1)N1CCOC(c2ccccc2C)C1.I. The number of benzene rings is 2. The summed E-state index contributed by atoms with van der Waals surface area (Å²) in [7, 11) is 0. The number of guanidine groups is 1. The smallest absolute Gasteiger partial charge is 0.253 e. The van der Waals surface area contributed by atoms with Gasteiger partial charge >= 0.3 is 0 Å².